The molecule has 1 heterocycles. The van der Waals surface area contributed by atoms with Crippen molar-refractivity contribution in [3.8, 4) is 0 Å². The van der Waals surface area contributed by atoms with Crippen LogP contribution in [0.25, 0.3) is 0 Å². The van der Waals surface area contributed by atoms with E-state index in [1.54, 1.807) is 0 Å². The molecule has 18 heavy (non-hydrogen) atoms. The lowest BCUT2D eigenvalue weighted by Gasteiger charge is -2.41. The molecule has 2 nitrogen and oxygen atoms in total. The van der Waals surface area contributed by atoms with E-state index in [1.807, 2.05) is 0 Å². The Balaban J connectivity index is 1.95. The molecule has 1 aliphatic carbocycles. The highest BCUT2D eigenvalue weighted by Crippen LogP contribution is 2.37. The van der Waals surface area contributed by atoms with Crippen LogP contribution in [0.4, 0.5) is 0 Å². The van der Waals surface area contributed by atoms with E-state index in [2.05, 4.69) is 18.7 Å². The van der Waals surface area contributed by atoms with Gasteiger partial charge in [-0.2, -0.15) is 0 Å². The van der Waals surface area contributed by atoms with Gasteiger partial charge in [0.15, 0.2) is 0 Å². The van der Waals surface area contributed by atoms with E-state index in [4.69, 9.17) is 5.73 Å². The van der Waals surface area contributed by atoms with Gasteiger partial charge < -0.3 is 5.73 Å². The summed E-state index contributed by atoms with van der Waals surface area (Å²) in [6.45, 7) is 7.08. The zero-order valence-corrected chi connectivity index (χ0v) is 12.5. The van der Waals surface area contributed by atoms with Crippen LogP contribution in [-0.4, -0.2) is 30.1 Å². The van der Waals surface area contributed by atoms with Crippen LogP contribution in [0.5, 0.6) is 0 Å². The van der Waals surface area contributed by atoms with E-state index in [-0.39, 0.29) is 0 Å². The summed E-state index contributed by atoms with van der Waals surface area (Å²) < 4.78 is 0. The fourth-order valence-corrected chi connectivity index (χ4v) is 3.98. The standard InChI is InChI=1S/C16H32N2/c1-16(2)10-5-7-14(8-11-16)18-13-4-3-6-15(18)9-12-17/h14-15H,3-13,17H2,1-2H3. The second-order valence-corrected chi connectivity index (χ2v) is 7.21. The van der Waals surface area contributed by atoms with E-state index in [0.717, 1.165) is 18.6 Å². The van der Waals surface area contributed by atoms with Crippen molar-refractivity contribution in [2.75, 3.05) is 13.1 Å². The van der Waals surface area contributed by atoms with E-state index < -0.39 is 0 Å². The van der Waals surface area contributed by atoms with Crippen LogP contribution >= 0.6 is 0 Å². The van der Waals surface area contributed by atoms with Gasteiger partial charge in [-0.15, -0.1) is 0 Å². The lowest BCUT2D eigenvalue weighted by atomic mass is 9.85. The fraction of sp³-hybridized carbons (Fsp3) is 1.00. The summed E-state index contributed by atoms with van der Waals surface area (Å²) in [5, 5.41) is 0. The molecule has 2 N–H and O–H groups in total. The number of nitrogens with two attached hydrogens (primary N) is 1. The van der Waals surface area contributed by atoms with E-state index in [1.165, 1.54) is 64.3 Å². The molecule has 106 valence electrons. The van der Waals surface area contributed by atoms with Crippen molar-refractivity contribution in [3.63, 3.8) is 0 Å². The molecule has 1 saturated carbocycles. The Kier molecular flexibility index (Phi) is 5.08. The Labute approximate surface area is 113 Å². The van der Waals surface area contributed by atoms with Crippen molar-refractivity contribution in [2.24, 2.45) is 11.1 Å². The number of hydrogen-bond acceptors (Lipinski definition) is 2. The summed E-state index contributed by atoms with van der Waals surface area (Å²) in [7, 11) is 0. The van der Waals surface area contributed by atoms with E-state index >= 15 is 0 Å². The first-order chi connectivity index (χ1) is 8.62. The Morgan fingerprint density at radius 2 is 1.89 bits per heavy atom. The molecule has 2 fully saturated rings. The van der Waals surface area contributed by atoms with Crippen LogP contribution in [0.1, 0.15) is 71.6 Å². The summed E-state index contributed by atoms with van der Waals surface area (Å²) in [4.78, 5) is 2.83. The first-order valence-corrected chi connectivity index (χ1v) is 8.08. The predicted octanol–water partition coefficient (Wildman–Crippen LogP) is 3.55. The molecule has 0 aromatic carbocycles. The zero-order valence-electron chi connectivity index (χ0n) is 12.5. The van der Waals surface area contributed by atoms with Gasteiger partial charge in [-0.05, 0) is 63.5 Å². The van der Waals surface area contributed by atoms with Gasteiger partial charge >= 0.3 is 0 Å². The SMILES string of the molecule is CC1(C)CCCC(N2CCCCC2CCN)CC1. The van der Waals surface area contributed by atoms with Crippen molar-refractivity contribution in [3.05, 3.63) is 0 Å². The average molecular weight is 252 g/mol. The number of rotatable bonds is 3. The summed E-state index contributed by atoms with van der Waals surface area (Å²) in [6.07, 6.45) is 12.5. The average Bonchev–Trinajstić information content (AvgIpc) is 2.52. The number of piperidine rings is 1. The topological polar surface area (TPSA) is 29.3 Å². The smallest absolute Gasteiger partial charge is 0.0110 e. The van der Waals surface area contributed by atoms with Gasteiger partial charge in [0.2, 0.25) is 0 Å². The quantitative estimate of drug-likeness (QED) is 0.778. The first kappa shape index (κ1) is 14.3. The van der Waals surface area contributed by atoms with Gasteiger partial charge in [0.25, 0.3) is 0 Å². The van der Waals surface area contributed by atoms with Crippen molar-refractivity contribution in [1.29, 1.82) is 0 Å². The van der Waals surface area contributed by atoms with Crippen molar-refractivity contribution in [1.82, 2.24) is 4.90 Å². The van der Waals surface area contributed by atoms with E-state index in [0.29, 0.717) is 5.41 Å². The van der Waals surface area contributed by atoms with Gasteiger partial charge in [0.05, 0.1) is 0 Å². The number of hydrogen-bond donors (Lipinski definition) is 1. The molecule has 0 radical (unpaired) electrons. The maximum absolute atomic E-state index is 5.80. The molecule has 0 aromatic rings. The highest BCUT2D eigenvalue weighted by Gasteiger charge is 2.31. The summed E-state index contributed by atoms with van der Waals surface area (Å²) in [6, 6.07) is 1.64. The van der Waals surface area contributed by atoms with Crippen LogP contribution in [0, 0.1) is 5.41 Å². The van der Waals surface area contributed by atoms with Crippen molar-refractivity contribution >= 4 is 0 Å². The Bertz CT molecular complexity index is 247. The number of nitrogens with zero attached hydrogens (tertiary/aromatic N) is 1. The molecule has 1 aliphatic heterocycles. The van der Waals surface area contributed by atoms with E-state index in [9.17, 15) is 0 Å². The highest BCUT2D eigenvalue weighted by molar-refractivity contribution is 4.87. The van der Waals surface area contributed by atoms with Gasteiger partial charge in [0.1, 0.15) is 0 Å². The van der Waals surface area contributed by atoms with Gasteiger partial charge in [-0.1, -0.05) is 26.7 Å². The maximum Gasteiger partial charge on any atom is 0.0110 e. The van der Waals surface area contributed by atoms with Crippen molar-refractivity contribution in [2.45, 2.75) is 83.7 Å². The summed E-state index contributed by atoms with van der Waals surface area (Å²) in [5.74, 6) is 0. The zero-order chi connectivity index (χ0) is 13.0. The summed E-state index contributed by atoms with van der Waals surface area (Å²) in [5.41, 5.74) is 6.38. The molecule has 2 atom stereocenters. The molecule has 0 aromatic heterocycles. The molecule has 2 rings (SSSR count). The Hall–Kier alpha value is -0.0800. The third-order valence-electron chi connectivity index (χ3n) is 5.19. The third-order valence-corrected chi connectivity index (χ3v) is 5.19. The normalized spacial score (nSPS) is 34.2. The van der Waals surface area contributed by atoms with Gasteiger partial charge in [0, 0.05) is 12.1 Å². The lowest BCUT2D eigenvalue weighted by molar-refractivity contribution is 0.0796. The minimum atomic E-state index is 0.577. The second-order valence-electron chi connectivity index (χ2n) is 7.21. The fourth-order valence-electron chi connectivity index (χ4n) is 3.98. The molecule has 2 unspecified atom stereocenters. The molecule has 2 heteroatoms. The minimum absolute atomic E-state index is 0.577. The van der Waals surface area contributed by atoms with Crippen LogP contribution < -0.4 is 5.73 Å². The Morgan fingerprint density at radius 3 is 2.67 bits per heavy atom. The van der Waals surface area contributed by atoms with Crippen molar-refractivity contribution < 1.29 is 0 Å². The monoisotopic (exact) mass is 252 g/mol. The van der Waals surface area contributed by atoms with Crippen LogP contribution in [0.2, 0.25) is 0 Å². The molecule has 1 saturated heterocycles. The van der Waals surface area contributed by atoms with Crippen LogP contribution in [-0.2, 0) is 0 Å². The first-order valence-electron chi connectivity index (χ1n) is 8.08. The van der Waals surface area contributed by atoms with Gasteiger partial charge in [-0.3, -0.25) is 4.90 Å². The highest BCUT2D eigenvalue weighted by atomic mass is 15.2. The second kappa shape index (κ2) is 6.38. The molecule has 0 spiro atoms. The van der Waals surface area contributed by atoms with Crippen LogP contribution in [0.15, 0.2) is 0 Å². The molecular weight excluding hydrogens is 220 g/mol. The minimum Gasteiger partial charge on any atom is -0.330 e. The Morgan fingerprint density at radius 1 is 1.06 bits per heavy atom. The molecule has 2 aliphatic rings. The number of likely N-dealkylation sites (tertiary alicyclic amines) is 1. The van der Waals surface area contributed by atoms with Crippen LogP contribution in [0.3, 0.4) is 0 Å². The predicted molar refractivity (Wildman–Crippen MR) is 78.7 cm³/mol. The largest absolute Gasteiger partial charge is 0.330 e. The third kappa shape index (κ3) is 3.71. The lowest BCUT2D eigenvalue weighted by Crippen LogP contribution is -2.47. The molecular formula is C16H32N2. The van der Waals surface area contributed by atoms with Gasteiger partial charge in [-0.25, -0.2) is 0 Å². The molecule has 0 amide bonds. The maximum atomic E-state index is 5.80. The summed E-state index contributed by atoms with van der Waals surface area (Å²) >= 11 is 0. The molecule has 0 bridgehead atoms.